The van der Waals surface area contributed by atoms with E-state index in [0.29, 0.717) is 19.3 Å². The highest BCUT2D eigenvalue weighted by Gasteiger charge is 2.19. The van der Waals surface area contributed by atoms with Crippen molar-refractivity contribution in [3.8, 4) is 0 Å². The third-order valence-electron chi connectivity index (χ3n) is 13.9. The average Bonchev–Trinajstić information content (AvgIpc) is 3.41. The van der Waals surface area contributed by atoms with Gasteiger partial charge in [-0.3, -0.25) is 14.4 Å². The van der Waals surface area contributed by atoms with Crippen LogP contribution in [0, 0.1) is 0 Å². The molecule has 0 saturated heterocycles. The van der Waals surface area contributed by atoms with Gasteiger partial charge in [-0.05, 0) is 109 Å². The third-order valence-corrected chi connectivity index (χ3v) is 13.9. The number of ether oxygens (including phenoxy) is 3. The quantitative estimate of drug-likeness (QED) is 0.0261. The van der Waals surface area contributed by atoms with E-state index in [9.17, 15) is 14.4 Å². The molecule has 0 amide bonds. The molecule has 0 bridgehead atoms. The van der Waals surface area contributed by atoms with E-state index in [1.165, 1.54) is 161 Å². The molecule has 1 atom stereocenters. The Morgan fingerprint density at radius 1 is 0.280 bits per heavy atom. The molecule has 432 valence electrons. The second-order valence-electron chi connectivity index (χ2n) is 21.3. The molecule has 0 heterocycles. The summed E-state index contributed by atoms with van der Waals surface area (Å²) in [6.07, 6.45) is 83.2. The second kappa shape index (κ2) is 63.1. The van der Waals surface area contributed by atoms with Crippen molar-refractivity contribution >= 4 is 17.9 Å². The Bertz CT molecular complexity index is 1430. The van der Waals surface area contributed by atoms with E-state index in [0.717, 1.165) is 116 Å². The van der Waals surface area contributed by atoms with E-state index < -0.39 is 6.10 Å². The van der Waals surface area contributed by atoms with Crippen molar-refractivity contribution in [1.29, 1.82) is 0 Å². The zero-order valence-corrected chi connectivity index (χ0v) is 49.6. The van der Waals surface area contributed by atoms with Crippen LogP contribution in [0.1, 0.15) is 316 Å². The molecule has 0 N–H and O–H groups in total. The lowest BCUT2D eigenvalue weighted by atomic mass is 10.0. The van der Waals surface area contributed by atoms with E-state index in [2.05, 4.69) is 106 Å². The SMILES string of the molecule is CC/C=C\C/C=C\C/C=C\CCCCCCCC(=O)OC(COC(=O)CCCCCCC/C=C\CCCC)COC(=O)CCCCCCCCCCCCCCCCCC/C=C\C/C=C\C/C=C\CCCCCCC. The summed E-state index contributed by atoms with van der Waals surface area (Å²) in [6.45, 7) is 6.48. The van der Waals surface area contributed by atoms with Crippen LogP contribution in [0.3, 0.4) is 0 Å². The molecule has 0 radical (unpaired) electrons. The van der Waals surface area contributed by atoms with Crippen LogP contribution in [0.2, 0.25) is 0 Å². The molecule has 6 heteroatoms. The Morgan fingerprint density at radius 3 is 0.867 bits per heavy atom. The molecular weight excluding hydrogens is 925 g/mol. The predicted molar refractivity (Wildman–Crippen MR) is 325 cm³/mol. The number of carbonyl (C=O) groups excluding carboxylic acids is 3. The number of unbranched alkanes of at least 4 members (excludes halogenated alkanes) is 33. The molecule has 0 rings (SSSR count). The molecular formula is C69H120O6. The number of carbonyl (C=O) groups is 3. The zero-order chi connectivity index (χ0) is 54.3. The lowest BCUT2D eigenvalue weighted by Gasteiger charge is -2.18. The molecule has 0 aromatic rings. The van der Waals surface area contributed by atoms with Crippen LogP contribution in [-0.4, -0.2) is 37.2 Å². The summed E-state index contributed by atoms with van der Waals surface area (Å²) in [5.74, 6) is -0.903. The maximum absolute atomic E-state index is 12.9. The minimum atomic E-state index is -0.788. The van der Waals surface area contributed by atoms with Gasteiger partial charge in [0.2, 0.25) is 0 Å². The van der Waals surface area contributed by atoms with Gasteiger partial charge in [0.1, 0.15) is 13.2 Å². The van der Waals surface area contributed by atoms with Crippen LogP contribution in [0.4, 0.5) is 0 Å². The fourth-order valence-corrected chi connectivity index (χ4v) is 9.03. The minimum Gasteiger partial charge on any atom is -0.462 e. The van der Waals surface area contributed by atoms with Crippen LogP contribution in [-0.2, 0) is 28.6 Å². The van der Waals surface area contributed by atoms with Crippen LogP contribution in [0.15, 0.2) is 85.1 Å². The van der Waals surface area contributed by atoms with Gasteiger partial charge in [0.25, 0.3) is 0 Å². The van der Waals surface area contributed by atoms with Crippen LogP contribution in [0.25, 0.3) is 0 Å². The fraction of sp³-hybridized carbons (Fsp3) is 0.754. The van der Waals surface area contributed by atoms with E-state index in [1.807, 2.05) is 0 Å². The van der Waals surface area contributed by atoms with Crippen molar-refractivity contribution < 1.29 is 28.6 Å². The van der Waals surface area contributed by atoms with Gasteiger partial charge in [-0.15, -0.1) is 0 Å². The monoisotopic (exact) mass is 1040 g/mol. The first-order valence-electron chi connectivity index (χ1n) is 32.1. The van der Waals surface area contributed by atoms with Gasteiger partial charge in [0.05, 0.1) is 0 Å². The molecule has 0 saturated carbocycles. The number of hydrogen-bond donors (Lipinski definition) is 0. The Kier molecular flexibility index (Phi) is 60.3. The Labute approximate surface area is 465 Å². The maximum Gasteiger partial charge on any atom is 0.306 e. The van der Waals surface area contributed by atoms with E-state index in [4.69, 9.17) is 14.2 Å². The molecule has 0 aromatic heterocycles. The molecule has 6 nitrogen and oxygen atoms in total. The van der Waals surface area contributed by atoms with Crippen LogP contribution < -0.4 is 0 Å². The van der Waals surface area contributed by atoms with E-state index in [1.54, 1.807) is 0 Å². The smallest absolute Gasteiger partial charge is 0.306 e. The van der Waals surface area contributed by atoms with Gasteiger partial charge < -0.3 is 14.2 Å². The molecule has 0 aliphatic heterocycles. The van der Waals surface area contributed by atoms with Gasteiger partial charge in [-0.2, -0.15) is 0 Å². The molecule has 0 spiro atoms. The molecule has 0 aliphatic carbocycles. The standard InChI is InChI=1S/C69H120O6/c1-4-7-10-13-16-19-22-24-26-27-28-29-30-31-32-33-34-35-36-37-38-39-40-41-43-44-47-50-53-56-59-62-68(71)74-65-66(64-73-67(70)61-58-55-52-49-46-21-18-15-12-9-6-3)75-69(72)63-60-57-54-51-48-45-42-25-23-20-17-14-11-8-5-2/h8,11,15,17-18,20,22,24-25,27-28,30-31,42,66H,4-7,9-10,12-14,16,19,21,23,26,29,32-41,43-65H2,1-3H3/b11-8-,18-15-,20-17-,24-22-,28-27-,31-30-,42-25-. The van der Waals surface area contributed by atoms with Crippen LogP contribution in [0.5, 0.6) is 0 Å². The highest BCUT2D eigenvalue weighted by atomic mass is 16.6. The Hall–Kier alpha value is -3.41. The van der Waals surface area contributed by atoms with Crippen molar-refractivity contribution in [1.82, 2.24) is 0 Å². The zero-order valence-electron chi connectivity index (χ0n) is 49.6. The summed E-state index contributed by atoms with van der Waals surface area (Å²) in [5.41, 5.74) is 0. The second-order valence-corrected chi connectivity index (χ2v) is 21.3. The van der Waals surface area contributed by atoms with Gasteiger partial charge in [-0.25, -0.2) is 0 Å². The summed E-state index contributed by atoms with van der Waals surface area (Å²) in [6, 6.07) is 0. The summed E-state index contributed by atoms with van der Waals surface area (Å²) < 4.78 is 16.9. The fourth-order valence-electron chi connectivity index (χ4n) is 9.03. The highest BCUT2D eigenvalue weighted by Crippen LogP contribution is 2.16. The van der Waals surface area contributed by atoms with Crippen molar-refractivity contribution in [3.05, 3.63) is 85.1 Å². The molecule has 0 aromatic carbocycles. The van der Waals surface area contributed by atoms with Crippen molar-refractivity contribution in [3.63, 3.8) is 0 Å². The average molecular weight is 1050 g/mol. The number of esters is 3. The number of rotatable bonds is 58. The Morgan fingerprint density at radius 2 is 0.533 bits per heavy atom. The first kappa shape index (κ1) is 71.6. The predicted octanol–water partition coefficient (Wildman–Crippen LogP) is 21.9. The van der Waals surface area contributed by atoms with Crippen molar-refractivity contribution in [2.24, 2.45) is 0 Å². The lowest BCUT2D eigenvalue weighted by molar-refractivity contribution is -0.167. The molecule has 75 heavy (non-hydrogen) atoms. The normalized spacial score (nSPS) is 12.6. The van der Waals surface area contributed by atoms with Crippen LogP contribution >= 0.6 is 0 Å². The van der Waals surface area contributed by atoms with Crippen molar-refractivity contribution in [2.45, 2.75) is 322 Å². The minimum absolute atomic E-state index is 0.0845. The van der Waals surface area contributed by atoms with E-state index in [-0.39, 0.29) is 31.1 Å². The first-order chi connectivity index (χ1) is 37.0. The van der Waals surface area contributed by atoms with E-state index >= 15 is 0 Å². The topological polar surface area (TPSA) is 78.9 Å². The lowest BCUT2D eigenvalue weighted by Crippen LogP contribution is -2.30. The van der Waals surface area contributed by atoms with Gasteiger partial charge in [0.15, 0.2) is 6.10 Å². The maximum atomic E-state index is 12.9. The molecule has 0 aliphatic rings. The summed E-state index contributed by atoms with van der Waals surface area (Å²) in [7, 11) is 0. The van der Waals surface area contributed by atoms with Gasteiger partial charge in [-0.1, -0.05) is 273 Å². The first-order valence-corrected chi connectivity index (χ1v) is 32.1. The van der Waals surface area contributed by atoms with Gasteiger partial charge >= 0.3 is 17.9 Å². The van der Waals surface area contributed by atoms with Gasteiger partial charge in [0, 0.05) is 19.3 Å². The summed E-state index contributed by atoms with van der Waals surface area (Å²) >= 11 is 0. The highest BCUT2D eigenvalue weighted by molar-refractivity contribution is 5.71. The third kappa shape index (κ3) is 61.3. The largest absolute Gasteiger partial charge is 0.462 e. The van der Waals surface area contributed by atoms with Crippen molar-refractivity contribution in [2.75, 3.05) is 13.2 Å². The molecule has 0 fully saturated rings. The summed E-state index contributed by atoms with van der Waals surface area (Å²) in [5, 5.41) is 0. The summed E-state index contributed by atoms with van der Waals surface area (Å²) in [4.78, 5) is 38.2. The number of allylic oxidation sites excluding steroid dienone is 14. The Balaban J connectivity index is 4.15. The number of hydrogen-bond acceptors (Lipinski definition) is 6. The molecule has 1 unspecified atom stereocenters.